The second kappa shape index (κ2) is 6.54. The highest BCUT2D eigenvalue weighted by Crippen LogP contribution is 2.16. The smallest absolute Gasteiger partial charge is 0.308 e. The van der Waals surface area contributed by atoms with Gasteiger partial charge in [0.05, 0.1) is 12.2 Å². The van der Waals surface area contributed by atoms with E-state index in [0.29, 0.717) is 12.2 Å². The van der Waals surface area contributed by atoms with E-state index in [0.717, 1.165) is 5.56 Å². The lowest BCUT2D eigenvalue weighted by Crippen LogP contribution is -2.35. The molecule has 1 rings (SSSR count). The zero-order valence-corrected chi connectivity index (χ0v) is 12.4. The number of halogens is 3. The van der Waals surface area contributed by atoms with Crippen LogP contribution in [0, 0.1) is 0 Å². The Bertz CT molecular complexity index is 407. The Morgan fingerprint density at radius 1 is 1.20 bits per heavy atom. The molecule has 3 nitrogen and oxygen atoms in total. The van der Waals surface area contributed by atoms with Gasteiger partial charge in [0.2, 0.25) is 0 Å². The Kier molecular flexibility index (Phi) is 5.53. The van der Waals surface area contributed by atoms with Crippen molar-refractivity contribution in [2.75, 3.05) is 13.6 Å². The molecule has 0 bridgehead atoms. The molecule has 0 aliphatic rings. The van der Waals surface area contributed by atoms with Gasteiger partial charge >= 0.3 is 6.18 Å². The molecular weight excluding hydrogens is 267 g/mol. The summed E-state index contributed by atoms with van der Waals surface area (Å²) >= 11 is 0. The molecule has 0 aliphatic carbocycles. The molecule has 1 heterocycles. The van der Waals surface area contributed by atoms with E-state index in [-0.39, 0.29) is 12.1 Å². The summed E-state index contributed by atoms with van der Waals surface area (Å²) < 4.78 is 36.6. The van der Waals surface area contributed by atoms with Crippen molar-refractivity contribution in [1.82, 2.24) is 15.2 Å². The van der Waals surface area contributed by atoms with Crippen LogP contribution >= 0.6 is 0 Å². The SMILES string of the molecule is CN(Cc1ccc(CNC(C)(C)C)cn1)CC(F)(F)F. The summed E-state index contributed by atoms with van der Waals surface area (Å²) in [6, 6.07) is 3.66. The van der Waals surface area contributed by atoms with E-state index in [4.69, 9.17) is 0 Å². The van der Waals surface area contributed by atoms with Gasteiger partial charge in [0, 0.05) is 24.8 Å². The van der Waals surface area contributed by atoms with Crippen LogP contribution in [-0.4, -0.2) is 35.2 Å². The molecule has 0 atom stereocenters. The van der Waals surface area contributed by atoms with E-state index in [9.17, 15) is 13.2 Å². The number of alkyl halides is 3. The van der Waals surface area contributed by atoms with Crippen molar-refractivity contribution in [3.63, 3.8) is 0 Å². The average Bonchev–Trinajstić information content (AvgIpc) is 2.24. The van der Waals surface area contributed by atoms with Crippen LogP contribution in [0.1, 0.15) is 32.0 Å². The van der Waals surface area contributed by atoms with Gasteiger partial charge < -0.3 is 5.32 Å². The van der Waals surface area contributed by atoms with E-state index >= 15 is 0 Å². The Balaban J connectivity index is 2.50. The van der Waals surface area contributed by atoms with E-state index in [1.54, 1.807) is 12.3 Å². The van der Waals surface area contributed by atoms with Crippen molar-refractivity contribution >= 4 is 0 Å². The van der Waals surface area contributed by atoms with Crippen LogP contribution in [0.4, 0.5) is 13.2 Å². The van der Waals surface area contributed by atoms with E-state index < -0.39 is 12.7 Å². The Morgan fingerprint density at radius 2 is 1.85 bits per heavy atom. The molecule has 0 saturated heterocycles. The van der Waals surface area contributed by atoms with Crippen LogP contribution in [-0.2, 0) is 13.1 Å². The van der Waals surface area contributed by atoms with Crippen LogP contribution in [0.15, 0.2) is 18.3 Å². The molecule has 1 aromatic rings. The molecule has 0 fully saturated rings. The maximum absolute atomic E-state index is 12.2. The summed E-state index contributed by atoms with van der Waals surface area (Å²) in [6.45, 7) is 6.16. The molecule has 0 aromatic carbocycles. The lowest BCUT2D eigenvalue weighted by molar-refractivity contribution is -0.144. The molecule has 0 unspecified atom stereocenters. The van der Waals surface area contributed by atoms with E-state index in [2.05, 4.69) is 31.1 Å². The molecule has 1 aromatic heterocycles. The first kappa shape index (κ1) is 16.9. The summed E-state index contributed by atoms with van der Waals surface area (Å²) in [5.41, 5.74) is 1.67. The highest BCUT2D eigenvalue weighted by molar-refractivity contribution is 5.14. The summed E-state index contributed by atoms with van der Waals surface area (Å²) in [5.74, 6) is 0. The summed E-state index contributed by atoms with van der Waals surface area (Å²) in [7, 11) is 1.43. The van der Waals surface area contributed by atoms with Gasteiger partial charge in [0.25, 0.3) is 0 Å². The second-order valence-corrected chi connectivity index (χ2v) is 6.05. The number of aromatic nitrogens is 1. The lowest BCUT2D eigenvalue weighted by Gasteiger charge is -2.21. The van der Waals surface area contributed by atoms with Gasteiger partial charge in [0.1, 0.15) is 0 Å². The van der Waals surface area contributed by atoms with Gasteiger partial charge in [-0.15, -0.1) is 0 Å². The summed E-state index contributed by atoms with van der Waals surface area (Å²) in [6.07, 6.45) is -2.47. The van der Waals surface area contributed by atoms with Crippen molar-refractivity contribution in [1.29, 1.82) is 0 Å². The minimum absolute atomic E-state index is 0.0194. The van der Waals surface area contributed by atoms with Crippen molar-refractivity contribution in [3.8, 4) is 0 Å². The number of rotatable bonds is 5. The minimum atomic E-state index is -4.18. The van der Waals surface area contributed by atoms with Crippen LogP contribution in [0.25, 0.3) is 0 Å². The molecule has 20 heavy (non-hydrogen) atoms. The van der Waals surface area contributed by atoms with Crippen molar-refractivity contribution in [3.05, 3.63) is 29.6 Å². The van der Waals surface area contributed by atoms with Crippen LogP contribution in [0.2, 0.25) is 0 Å². The third-order valence-electron chi connectivity index (χ3n) is 2.59. The standard InChI is InChI=1S/C14H22F3N3/c1-13(2,3)19-8-11-5-6-12(18-7-11)9-20(4)10-14(15,16)17/h5-7,19H,8-10H2,1-4H3. The molecule has 1 N–H and O–H groups in total. The monoisotopic (exact) mass is 289 g/mol. The maximum Gasteiger partial charge on any atom is 0.401 e. The van der Waals surface area contributed by atoms with Gasteiger partial charge in [-0.3, -0.25) is 9.88 Å². The second-order valence-electron chi connectivity index (χ2n) is 6.05. The number of nitrogens with zero attached hydrogens (tertiary/aromatic N) is 2. The normalized spacial score (nSPS) is 13.0. The average molecular weight is 289 g/mol. The molecule has 6 heteroatoms. The van der Waals surface area contributed by atoms with Crippen molar-refractivity contribution < 1.29 is 13.2 Å². The zero-order chi connectivity index (χ0) is 15.4. The first-order valence-corrected chi connectivity index (χ1v) is 6.49. The first-order valence-electron chi connectivity index (χ1n) is 6.49. The lowest BCUT2D eigenvalue weighted by atomic mass is 10.1. The van der Waals surface area contributed by atoms with Gasteiger partial charge in [-0.2, -0.15) is 13.2 Å². The number of pyridine rings is 1. The van der Waals surface area contributed by atoms with Crippen molar-refractivity contribution in [2.45, 2.75) is 45.6 Å². The molecule has 0 aliphatic heterocycles. The molecule has 114 valence electrons. The summed E-state index contributed by atoms with van der Waals surface area (Å²) in [4.78, 5) is 5.40. The fourth-order valence-electron chi connectivity index (χ4n) is 1.66. The predicted octanol–water partition coefficient (Wildman–Crippen LogP) is 2.96. The van der Waals surface area contributed by atoms with E-state index in [1.807, 2.05) is 6.07 Å². The Morgan fingerprint density at radius 3 is 2.30 bits per heavy atom. The largest absolute Gasteiger partial charge is 0.401 e. The Hall–Kier alpha value is -1.14. The van der Waals surface area contributed by atoms with Gasteiger partial charge in [-0.25, -0.2) is 0 Å². The topological polar surface area (TPSA) is 28.2 Å². The molecule has 0 saturated carbocycles. The summed E-state index contributed by atoms with van der Waals surface area (Å²) in [5, 5.41) is 3.33. The number of nitrogens with one attached hydrogen (secondary N) is 1. The first-order chi connectivity index (χ1) is 9.05. The highest BCUT2D eigenvalue weighted by atomic mass is 19.4. The predicted molar refractivity (Wildman–Crippen MR) is 73.2 cm³/mol. The van der Waals surface area contributed by atoms with Gasteiger partial charge in [0.15, 0.2) is 0 Å². The molecule has 0 radical (unpaired) electrons. The highest BCUT2D eigenvalue weighted by Gasteiger charge is 2.29. The third kappa shape index (κ3) is 7.45. The maximum atomic E-state index is 12.2. The fraction of sp³-hybridized carbons (Fsp3) is 0.643. The molecule has 0 amide bonds. The third-order valence-corrected chi connectivity index (χ3v) is 2.59. The molecule has 0 spiro atoms. The van der Waals surface area contributed by atoms with Gasteiger partial charge in [-0.1, -0.05) is 6.07 Å². The minimum Gasteiger partial charge on any atom is -0.308 e. The molecular formula is C14H22F3N3. The Labute approximate surface area is 118 Å². The number of hydrogen-bond donors (Lipinski definition) is 1. The van der Waals surface area contributed by atoms with E-state index in [1.165, 1.54) is 11.9 Å². The van der Waals surface area contributed by atoms with Crippen LogP contribution < -0.4 is 5.32 Å². The van der Waals surface area contributed by atoms with Crippen LogP contribution in [0.5, 0.6) is 0 Å². The quantitative estimate of drug-likeness (QED) is 0.903. The zero-order valence-electron chi connectivity index (χ0n) is 12.4. The van der Waals surface area contributed by atoms with Crippen LogP contribution in [0.3, 0.4) is 0 Å². The number of hydrogen-bond acceptors (Lipinski definition) is 3. The van der Waals surface area contributed by atoms with Crippen molar-refractivity contribution in [2.24, 2.45) is 0 Å². The van der Waals surface area contributed by atoms with Gasteiger partial charge in [-0.05, 0) is 39.4 Å². The fourth-order valence-corrected chi connectivity index (χ4v) is 1.66.